The van der Waals surface area contributed by atoms with Gasteiger partial charge in [-0.3, -0.25) is 0 Å². The maximum atomic E-state index is 2.44. The van der Waals surface area contributed by atoms with Crippen molar-refractivity contribution >= 4 is 16.6 Å². The van der Waals surface area contributed by atoms with Crippen LogP contribution >= 0.6 is 0 Å². The molecule has 4 aromatic rings. The molecule has 0 aromatic heterocycles. The molecule has 0 nitrogen and oxygen atoms in total. The summed E-state index contributed by atoms with van der Waals surface area (Å²) in [5.41, 5.74) is 5.17. The summed E-state index contributed by atoms with van der Waals surface area (Å²) in [7, 11) is -0.101. The molecule has 0 aliphatic rings. The molecule has 0 fully saturated rings. The molecule has 0 N–H and O–H groups in total. The third-order valence-corrected chi connectivity index (χ3v) is 13.1. The van der Waals surface area contributed by atoms with Gasteiger partial charge in [0.2, 0.25) is 0 Å². The smallest absolute Gasteiger partial charge is 1.00 e. The molecule has 31 heavy (non-hydrogen) atoms. The van der Waals surface area contributed by atoms with Crippen LogP contribution in [0.2, 0.25) is 26.2 Å². The quantitative estimate of drug-likeness (QED) is 0.260. The van der Waals surface area contributed by atoms with Crippen molar-refractivity contribution in [3.63, 3.8) is 0 Å². The van der Waals surface area contributed by atoms with Crippen LogP contribution in [0.25, 0.3) is 22.3 Å². The maximum Gasteiger partial charge on any atom is 4.00 e. The Morgan fingerprint density at radius 3 is 1.13 bits per heavy atom. The van der Waals surface area contributed by atoms with Crippen LogP contribution in [0.5, 0.6) is 0 Å². The van der Waals surface area contributed by atoms with Gasteiger partial charge in [0, 0.05) is 16.6 Å². The van der Waals surface area contributed by atoms with E-state index >= 15 is 0 Å². The van der Waals surface area contributed by atoms with Crippen molar-refractivity contribution in [1.29, 1.82) is 0 Å². The number of rotatable bonds is 3. The Labute approximate surface area is 223 Å². The summed E-state index contributed by atoms with van der Waals surface area (Å²) in [6.07, 6.45) is 0. The van der Waals surface area contributed by atoms with Gasteiger partial charge in [0.1, 0.15) is 0 Å². The van der Waals surface area contributed by atoms with Crippen molar-refractivity contribution < 1.29 is 51.0 Å². The Kier molecular flexibility index (Phi) is 18.3. The fourth-order valence-electron chi connectivity index (χ4n) is 2.39. The number of halogens is 2. The van der Waals surface area contributed by atoms with Crippen LogP contribution in [0.15, 0.2) is 109 Å². The van der Waals surface area contributed by atoms with Crippen molar-refractivity contribution in [2.75, 3.05) is 0 Å². The van der Waals surface area contributed by atoms with Crippen molar-refractivity contribution in [3.8, 4) is 22.3 Å². The minimum atomic E-state index is -0.492. The minimum Gasteiger partial charge on any atom is -1.00 e. The molecule has 162 valence electrons. The summed E-state index contributed by atoms with van der Waals surface area (Å²) in [6.45, 7) is 9.74. The van der Waals surface area contributed by atoms with Gasteiger partial charge in [0.15, 0.2) is 0 Å². The summed E-state index contributed by atoms with van der Waals surface area (Å²) in [4.78, 5) is 0. The molecule has 5 heteroatoms. The Balaban J connectivity index is 0. The molecule has 0 saturated carbocycles. The van der Waals surface area contributed by atoms with Gasteiger partial charge < -0.3 is 24.8 Å². The van der Waals surface area contributed by atoms with Crippen LogP contribution in [0.3, 0.4) is 0 Å². The van der Waals surface area contributed by atoms with Crippen LogP contribution in [-0.4, -0.2) is 16.6 Å². The van der Waals surface area contributed by atoms with Crippen molar-refractivity contribution in [2.45, 2.75) is 26.2 Å². The van der Waals surface area contributed by atoms with Gasteiger partial charge in [-0.2, -0.15) is 47.5 Å². The Morgan fingerprint density at radius 2 is 0.903 bits per heavy atom. The molecule has 0 bridgehead atoms. The van der Waals surface area contributed by atoms with E-state index in [2.05, 4.69) is 123 Å². The van der Waals surface area contributed by atoms with Crippen molar-refractivity contribution in [3.05, 3.63) is 109 Å². The van der Waals surface area contributed by atoms with Gasteiger partial charge in [-0.1, -0.05) is 98.0 Å². The summed E-state index contributed by atoms with van der Waals surface area (Å²) in [6, 6.07) is 37.5. The summed E-state index contributed by atoms with van der Waals surface area (Å²) < 4.78 is 0. The molecule has 0 heterocycles. The van der Waals surface area contributed by atoms with E-state index in [0.717, 1.165) is 0 Å². The minimum absolute atomic E-state index is 0. The average Bonchev–Trinajstić information content (AvgIpc) is 3.44. The molecule has 0 saturated heterocycles. The summed E-state index contributed by atoms with van der Waals surface area (Å²) in [5, 5.41) is 0. The molecule has 0 unspecified atom stereocenters. The molecule has 4 aromatic carbocycles. The van der Waals surface area contributed by atoms with E-state index in [4.69, 9.17) is 0 Å². The molecule has 0 amide bonds. The maximum absolute atomic E-state index is 2.44. The monoisotopic (exact) mass is 560 g/mol. The summed E-state index contributed by atoms with van der Waals surface area (Å²) in [5.74, 6) is 0. The standard InChI is InChI=1S/2C11H9.C4H14Si2.2ClH.Zr/c2*1-2-6-10(7-3-1)11-8-4-5-9-11;1-5-6(2,3)4;;;/h2*1-9H;5H2,1-4H3;2*1H;/q2*-1;;;;+4/p-2. The van der Waals surface area contributed by atoms with Crippen LogP contribution in [0.1, 0.15) is 0 Å². The molecular weight excluding hydrogens is 531 g/mol. The largest absolute Gasteiger partial charge is 4.00 e. The molecular formula is C26H32Cl2Si2Zr. The molecule has 0 radical (unpaired) electrons. The molecule has 0 atom stereocenters. The van der Waals surface area contributed by atoms with Crippen LogP contribution in [-0.2, 0) is 26.2 Å². The average molecular weight is 563 g/mol. The Hall–Kier alpha value is -0.963. The fraction of sp³-hybridized carbons (Fsp3) is 0.154. The Bertz CT molecular complexity index is 801. The first-order valence-corrected chi connectivity index (χ1v) is 17.3. The van der Waals surface area contributed by atoms with Gasteiger partial charge in [-0.15, -0.1) is 0 Å². The first-order valence-electron chi connectivity index (χ1n) is 10.0. The van der Waals surface area contributed by atoms with E-state index in [1.54, 1.807) is 0 Å². The normalized spacial score (nSPS) is 9.68. The van der Waals surface area contributed by atoms with E-state index < -0.39 is 7.59 Å². The van der Waals surface area contributed by atoms with Crippen LogP contribution < -0.4 is 24.8 Å². The number of hydrogen-bond donors (Lipinski definition) is 0. The first kappa shape index (κ1) is 32.2. The van der Waals surface area contributed by atoms with Gasteiger partial charge in [-0.05, 0) is 0 Å². The molecule has 4 rings (SSSR count). The van der Waals surface area contributed by atoms with E-state index in [9.17, 15) is 0 Å². The van der Waals surface area contributed by atoms with Gasteiger partial charge in [0.05, 0.1) is 0 Å². The summed E-state index contributed by atoms with van der Waals surface area (Å²) >= 11 is 0. The zero-order valence-electron chi connectivity index (χ0n) is 18.9. The second-order valence-electron chi connectivity index (χ2n) is 7.99. The SMILES string of the molecule is C[SiH2][Si](C)(C)C.[Cl-].[Cl-].[Zr+4].c1ccc(-c2cc[cH-]c2)cc1.c1ccc(-c2cc[cH-]c2)cc1. The zero-order chi connectivity index (χ0) is 20.2. The van der Waals surface area contributed by atoms with E-state index in [1.807, 2.05) is 12.1 Å². The zero-order valence-corrected chi connectivity index (χ0v) is 25.2. The number of benzene rings is 2. The fourth-order valence-corrected chi connectivity index (χ4v) is 2.39. The molecule has 0 aliphatic carbocycles. The van der Waals surface area contributed by atoms with Gasteiger partial charge >= 0.3 is 26.2 Å². The second-order valence-corrected chi connectivity index (χ2v) is 22.3. The van der Waals surface area contributed by atoms with E-state index in [-0.39, 0.29) is 51.0 Å². The predicted octanol–water partition coefficient (Wildman–Crippen LogP) is 1.19. The second kappa shape index (κ2) is 17.6. The third-order valence-electron chi connectivity index (χ3n) is 4.60. The van der Waals surface area contributed by atoms with Crippen molar-refractivity contribution in [1.82, 2.24) is 0 Å². The number of hydrogen-bond acceptors (Lipinski definition) is 0. The predicted molar refractivity (Wildman–Crippen MR) is 133 cm³/mol. The Morgan fingerprint density at radius 1 is 0.581 bits per heavy atom. The van der Waals surface area contributed by atoms with E-state index in [0.29, 0.717) is 9.04 Å². The van der Waals surface area contributed by atoms with Crippen LogP contribution in [0, 0.1) is 0 Å². The molecule has 0 aliphatic heterocycles. The van der Waals surface area contributed by atoms with Crippen molar-refractivity contribution in [2.24, 2.45) is 0 Å². The first-order chi connectivity index (χ1) is 13.5. The van der Waals surface area contributed by atoms with E-state index in [1.165, 1.54) is 22.3 Å². The van der Waals surface area contributed by atoms with Crippen LogP contribution in [0.4, 0.5) is 0 Å². The molecule has 0 spiro atoms. The van der Waals surface area contributed by atoms with Gasteiger partial charge in [0.25, 0.3) is 0 Å². The third kappa shape index (κ3) is 13.2. The van der Waals surface area contributed by atoms with Gasteiger partial charge in [-0.25, -0.2) is 12.1 Å². The topological polar surface area (TPSA) is 0 Å².